The van der Waals surface area contributed by atoms with Gasteiger partial charge in [-0.1, -0.05) is 6.92 Å². The van der Waals surface area contributed by atoms with Crippen molar-refractivity contribution in [2.24, 2.45) is 0 Å². The number of esters is 1. The van der Waals surface area contributed by atoms with Crippen molar-refractivity contribution in [3.8, 4) is 0 Å². The highest BCUT2D eigenvalue weighted by molar-refractivity contribution is 5.95. The number of rotatable bonds is 5. The molecule has 0 spiro atoms. The van der Waals surface area contributed by atoms with Crippen LogP contribution in [0.3, 0.4) is 0 Å². The molecule has 6 nitrogen and oxygen atoms in total. The fourth-order valence-electron chi connectivity index (χ4n) is 1.45. The molecule has 94 valence electrons. The third kappa shape index (κ3) is 3.51. The Morgan fingerprint density at radius 1 is 1.53 bits per heavy atom. The first-order valence-electron chi connectivity index (χ1n) is 5.38. The summed E-state index contributed by atoms with van der Waals surface area (Å²) < 4.78 is 4.55. The molecule has 0 aromatic carbocycles. The Morgan fingerprint density at radius 3 is 2.71 bits per heavy atom. The number of H-pyrrole nitrogens is 1. The summed E-state index contributed by atoms with van der Waals surface area (Å²) in [6.45, 7) is 2.37. The SMILES string of the molecule is CCCN(CC(=O)OC)C(=O)c1cc(N)c[nH]1. The lowest BCUT2D eigenvalue weighted by Crippen LogP contribution is -2.37. The number of methoxy groups -OCH3 is 1. The minimum atomic E-state index is -0.439. The van der Waals surface area contributed by atoms with E-state index in [0.717, 1.165) is 6.42 Å². The van der Waals surface area contributed by atoms with Crippen LogP contribution in [0.25, 0.3) is 0 Å². The van der Waals surface area contributed by atoms with Crippen LogP contribution in [0.1, 0.15) is 23.8 Å². The molecule has 3 N–H and O–H groups in total. The topological polar surface area (TPSA) is 88.4 Å². The maximum absolute atomic E-state index is 12.0. The van der Waals surface area contributed by atoms with Crippen molar-refractivity contribution in [3.63, 3.8) is 0 Å². The molecule has 0 atom stereocenters. The van der Waals surface area contributed by atoms with Crippen molar-refractivity contribution in [3.05, 3.63) is 18.0 Å². The minimum Gasteiger partial charge on any atom is -0.468 e. The van der Waals surface area contributed by atoms with E-state index < -0.39 is 5.97 Å². The van der Waals surface area contributed by atoms with Crippen LogP contribution in [-0.4, -0.2) is 42.0 Å². The Morgan fingerprint density at radius 2 is 2.24 bits per heavy atom. The smallest absolute Gasteiger partial charge is 0.325 e. The Labute approximate surface area is 99.7 Å². The number of aromatic nitrogens is 1. The zero-order valence-corrected chi connectivity index (χ0v) is 10.0. The highest BCUT2D eigenvalue weighted by Crippen LogP contribution is 2.08. The number of carbonyl (C=O) groups is 2. The van der Waals surface area contributed by atoms with Crippen LogP contribution in [0, 0.1) is 0 Å². The first-order chi connectivity index (χ1) is 8.08. The highest BCUT2D eigenvalue weighted by atomic mass is 16.5. The maximum atomic E-state index is 12.0. The Kier molecular flexibility index (Phi) is 4.56. The van der Waals surface area contributed by atoms with Gasteiger partial charge >= 0.3 is 5.97 Å². The Hall–Kier alpha value is -1.98. The second-order valence-corrected chi connectivity index (χ2v) is 3.65. The fourth-order valence-corrected chi connectivity index (χ4v) is 1.45. The number of aromatic amines is 1. The van der Waals surface area contributed by atoms with Gasteiger partial charge in [0.05, 0.1) is 7.11 Å². The molecule has 6 heteroatoms. The summed E-state index contributed by atoms with van der Waals surface area (Å²) >= 11 is 0. The highest BCUT2D eigenvalue weighted by Gasteiger charge is 2.19. The lowest BCUT2D eigenvalue weighted by Gasteiger charge is -2.19. The van der Waals surface area contributed by atoms with Gasteiger partial charge in [0, 0.05) is 18.4 Å². The van der Waals surface area contributed by atoms with Gasteiger partial charge in [0.15, 0.2) is 0 Å². The van der Waals surface area contributed by atoms with Gasteiger partial charge in [-0.15, -0.1) is 0 Å². The molecule has 0 fully saturated rings. The number of nitrogen functional groups attached to an aromatic ring is 1. The van der Waals surface area contributed by atoms with E-state index in [-0.39, 0.29) is 12.5 Å². The number of hydrogen-bond acceptors (Lipinski definition) is 4. The molecule has 0 radical (unpaired) electrons. The summed E-state index contributed by atoms with van der Waals surface area (Å²) in [5.74, 6) is -0.694. The van der Waals surface area contributed by atoms with Crippen molar-refractivity contribution in [2.75, 3.05) is 25.9 Å². The van der Waals surface area contributed by atoms with Gasteiger partial charge in [0.2, 0.25) is 0 Å². The van der Waals surface area contributed by atoms with Crippen LogP contribution >= 0.6 is 0 Å². The maximum Gasteiger partial charge on any atom is 0.325 e. The minimum absolute atomic E-state index is 0.0535. The molecule has 0 aliphatic carbocycles. The van der Waals surface area contributed by atoms with E-state index in [1.807, 2.05) is 6.92 Å². The molecule has 0 aliphatic rings. The molecular weight excluding hydrogens is 222 g/mol. The second kappa shape index (κ2) is 5.93. The first kappa shape index (κ1) is 13.1. The number of nitrogens with zero attached hydrogens (tertiary/aromatic N) is 1. The molecule has 0 unspecified atom stereocenters. The molecule has 1 aromatic heterocycles. The monoisotopic (exact) mass is 239 g/mol. The molecule has 1 rings (SSSR count). The number of nitrogens with one attached hydrogen (secondary N) is 1. The van der Waals surface area contributed by atoms with E-state index >= 15 is 0 Å². The van der Waals surface area contributed by atoms with Crippen LogP contribution in [0.2, 0.25) is 0 Å². The molecule has 0 saturated carbocycles. The molecule has 1 aromatic rings. The largest absolute Gasteiger partial charge is 0.468 e. The van der Waals surface area contributed by atoms with E-state index in [4.69, 9.17) is 5.73 Å². The van der Waals surface area contributed by atoms with E-state index in [9.17, 15) is 9.59 Å². The van der Waals surface area contributed by atoms with Gasteiger partial charge in [-0.3, -0.25) is 9.59 Å². The van der Waals surface area contributed by atoms with Crippen LogP contribution in [0.4, 0.5) is 5.69 Å². The number of anilines is 1. The molecular formula is C11H17N3O3. The van der Waals surface area contributed by atoms with E-state index in [2.05, 4.69) is 9.72 Å². The van der Waals surface area contributed by atoms with Crippen molar-refractivity contribution in [1.29, 1.82) is 0 Å². The number of nitrogens with two attached hydrogens (primary N) is 1. The summed E-state index contributed by atoms with van der Waals surface area (Å²) in [4.78, 5) is 27.4. The lowest BCUT2D eigenvalue weighted by atomic mass is 10.3. The summed E-state index contributed by atoms with van der Waals surface area (Å²) in [6, 6.07) is 1.54. The number of carbonyl (C=O) groups excluding carboxylic acids is 2. The molecule has 0 bridgehead atoms. The van der Waals surface area contributed by atoms with Crippen molar-refractivity contribution >= 4 is 17.6 Å². The molecule has 1 amide bonds. The van der Waals surface area contributed by atoms with Crippen LogP contribution in [0.5, 0.6) is 0 Å². The van der Waals surface area contributed by atoms with Gasteiger partial charge in [0.1, 0.15) is 12.2 Å². The molecule has 1 heterocycles. The van der Waals surface area contributed by atoms with E-state index in [0.29, 0.717) is 17.9 Å². The molecule has 0 saturated heterocycles. The van der Waals surface area contributed by atoms with E-state index in [1.54, 1.807) is 6.07 Å². The van der Waals surface area contributed by atoms with Gasteiger partial charge in [-0.05, 0) is 12.5 Å². The normalized spacial score (nSPS) is 10.0. The van der Waals surface area contributed by atoms with Gasteiger partial charge in [0.25, 0.3) is 5.91 Å². The number of hydrogen-bond donors (Lipinski definition) is 2. The average Bonchev–Trinajstić information content (AvgIpc) is 2.74. The van der Waals surface area contributed by atoms with E-state index in [1.165, 1.54) is 18.2 Å². The molecule has 0 aliphatic heterocycles. The summed E-state index contributed by atoms with van der Waals surface area (Å²) in [5, 5.41) is 0. The van der Waals surface area contributed by atoms with Gasteiger partial charge in [-0.25, -0.2) is 0 Å². The predicted octanol–water partition coefficient (Wildman–Crippen LogP) is 0.622. The van der Waals surface area contributed by atoms with Gasteiger partial charge in [-0.2, -0.15) is 0 Å². The standard InChI is InChI=1S/C11H17N3O3/c1-3-4-14(7-10(15)17-2)11(16)9-5-8(12)6-13-9/h5-6,13H,3-4,7,12H2,1-2H3. The second-order valence-electron chi connectivity index (χ2n) is 3.65. The lowest BCUT2D eigenvalue weighted by molar-refractivity contribution is -0.141. The summed E-state index contributed by atoms with van der Waals surface area (Å²) in [5.41, 5.74) is 6.39. The van der Waals surface area contributed by atoms with Crippen molar-refractivity contribution in [2.45, 2.75) is 13.3 Å². The van der Waals surface area contributed by atoms with Crippen molar-refractivity contribution < 1.29 is 14.3 Å². The fraction of sp³-hybridized carbons (Fsp3) is 0.455. The van der Waals surface area contributed by atoms with Crippen LogP contribution < -0.4 is 5.73 Å². The zero-order chi connectivity index (χ0) is 12.8. The summed E-state index contributed by atoms with van der Waals surface area (Å²) in [6.07, 6.45) is 2.30. The summed E-state index contributed by atoms with van der Waals surface area (Å²) in [7, 11) is 1.30. The first-order valence-corrected chi connectivity index (χ1v) is 5.38. The predicted molar refractivity (Wildman–Crippen MR) is 63.4 cm³/mol. The van der Waals surface area contributed by atoms with Crippen molar-refractivity contribution in [1.82, 2.24) is 9.88 Å². The molecule has 17 heavy (non-hydrogen) atoms. The average molecular weight is 239 g/mol. The quantitative estimate of drug-likeness (QED) is 0.737. The number of amides is 1. The Balaban J connectivity index is 2.76. The van der Waals surface area contributed by atoms with Crippen LogP contribution in [-0.2, 0) is 9.53 Å². The Bertz CT molecular complexity index is 400. The number of ether oxygens (including phenoxy) is 1. The third-order valence-electron chi connectivity index (χ3n) is 2.26. The van der Waals surface area contributed by atoms with Crippen LogP contribution in [0.15, 0.2) is 12.3 Å². The third-order valence-corrected chi connectivity index (χ3v) is 2.26. The van der Waals surface area contributed by atoms with Gasteiger partial charge < -0.3 is 20.4 Å². The zero-order valence-electron chi connectivity index (χ0n) is 10.0.